The summed E-state index contributed by atoms with van der Waals surface area (Å²) in [5, 5.41) is 7.05. The van der Waals surface area contributed by atoms with Crippen LogP contribution in [0.5, 0.6) is 0 Å². The van der Waals surface area contributed by atoms with Gasteiger partial charge in [-0.25, -0.2) is 4.98 Å². The summed E-state index contributed by atoms with van der Waals surface area (Å²) in [7, 11) is 0. The van der Waals surface area contributed by atoms with E-state index in [-0.39, 0.29) is 5.91 Å². The molecule has 0 bridgehead atoms. The number of nitrogens with zero attached hydrogens (tertiary/aromatic N) is 3. The van der Waals surface area contributed by atoms with Crippen molar-refractivity contribution in [1.82, 2.24) is 25.1 Å². The van der Waals surface area contributed by atoms with Gasteiger partial charge in [-0.2, -0.15) is 5.10 Å². The summed E-state index contributed by atoms with van der Waals surface area (Å²) in [5.74, 6) is 0.978. The Labute approximate surface area is 134 Å². The molecule has 3 rings (SSSR count). The summed E-state index contributed by atoms with van der Waals surface area (Å²) in [5.41, 5.74) is 3.22. The van der Waals surface area contributed by atoms with Crippen molar-refractivity contribution in [3.63, 3.8) is 0 Å². The van der Waals surface area contributed by atoms with Crippen molar-refractivity contribution in [2.45, 2.75) is 32.7 Å². The first kappa shape index (κ1) is 15.3. The van der Waals surface area contributed by atoms with Crippen LogP contribution in [0.25, 0.3) is 11.0 Å². The van der Waals surface area contributed by atoms with Crippen molar-refractivity contribution in [1.29, 1.82) is 0 Å². The van der Waals surface area contributed by atoms with Crippen molar-refractivity contribution in [2.24, 2.45) is 0 Å². The predicted octanol–water partition coefficient (Wildman–Crippen LogP) is 2.21. The van der Waals surface area contributed by atoms with Gasteiger partial charge >= 0.3 is 0 Å². The maximum absolute atomic E-state index is 11.8. The Bertz CT molecular complexity index is 775. The average molecular weight is 311 g/mol. The molecule has 0 aliphatic heterocycles. The Hall–Kier alpha value is -2.63. The number of aryl methyl sites for hydroxylation is 2. The minimum atomic E-state index is 0.0733. The first-order chi connectivity index (χ1) is 11.2. The van der Waals surface area contributed by atoms with Gasteiger partial charge in [0.2, 0.25) is 5.91 Å². The number of amides is 1. The molecule has 2 heterocycles. The Balaban J connectivity index is 1.40. The zero-order valence-corrected chi connectivity index (χ0v) is 13.2. The third-order valence-corrected chi connectivity index (χ3v) is 3.72. The van der Waals surface area contributed by atoms with E-state index in [1.807, 2.05) is 29.1 Å². The molecule has 23 heavy (non-hydrogen) atoms. The summed E-state index contributed by atoms with van der Waals surface area (Å²) < 4.78 is 1.84. The molecule has 1 aromatic carbocycles. The lowest BCUT2D eigenvalue weighted by atomic mass is 10.2. The van der Waals surface area contributed by atoms with Gasteiger partial charge in [-0.1, -0.05) is 6.07 Å². The van der Waals surface area contributed by atoms with Crippen LogP contribution in [0.3, 0.4) is 0 Å². The molecule has 2 aromatic heterocycles. The molecule has 0 spiro atoms. The van der Waals surface area contributed by atoms with Gasteiger partial charge in [0.1, 0.15) is 5.82 Å². The maximum Gasteiger partial charge on any atom is 0.220 e. The highest BCUT2D eigenvalue weighted by molar-refractivity contribution is 5.76. The lowest BCUT2D eigenvalue weighted by Crippen LogP contribution is -2.25. The summed E-state index contributed by atoms with van der Waals surface area (Å²) in [4.78, 5) is 19.6. The van der Waals surface area contributed by atoms with E-state index in [2.05, 4.69) is 33.4 Å². The summed E-state index contributed by atoms with van der Waals surface area (Å²) in [6, 6.07) is 8.03. The smallest absolute Gasteiger partial charge is 0.220 e. The fourth-order valence-corrected chi connectivity index (χ4v) is 2.54. The molecule has 0 aliphatic rings. The molecule has 0 unspecified atom stereocenters. The number of imidazole rings is 1. The van der Waals surface area contributed by atoms with E-state index in [1.165, 1.54) is 5.56 Å². The van der Waals surface area contributed by atoms with Crippen LogP contribution in [0.1, 0.15) is 24.2 Å². The zero-order chi connectivity index (χ0) is 16.1. The highest BCUT2D eigenvalue weighted by Crippen LogP contribution is 2.13. The number of carbonyl (C=O) groups is 1. The number of fused-ring (bicyclic) bond motifs is 1. The number of H-pyrrole nitrogens is 1. The Kier molecular flexibility index (Phi) is 4.71. The number of aromatic nitrogens is 4. The van der Waals surface area contributed by atoms with Crippen molar-refractivity contribution in [3.8, 4) is 0 Å². The average Bonchev–Trinajstić information content (AvgIpc) is 3.16. The van der Waals surface area contributed by atoms with Crippen LogP contribution in [0.2, 0.25) is 0 Å². The van der Waals surface area contributed by atoms with Crippen molar-refractivity contribution < 1.29 is 4.79 Å². The molecule has 3 aromatic rings. The fraction of sp³-hybridized carbons (Fsp3) is 0.353. The van der Waals surface area contributed by atoms with E-state index in [9.17, 15) is 4.79 Å². The molecule has 0 saturated carbocycles. The standard InChI is InChI=1S/C17H21N5O/c1-13-5-6-14-15(12-13)21-16(20-14)7-9-18-17(23)4-2-10-22-11-3-8-19-22/h3,5-6,8,11-12H,2,4,7,9-10H2,1H3,(H,18,23)(H,20,21). The second-order valence-electron chi connectivity index (χ2n) is 5.68. The number of aromatic amines is 1. The zero-order valence-electron chi connectivity index (χ0n) is 13.2. The van der Waals surface area contributed by atoms with Gasteiger partial charge in [0.15, 0.2) is 0 Å². The number of hydrogen-bond donors (Lipinski definition) is 2. The largest absolute Gasteiger partial charge is 0.356 e. The first-order valence-electron chi connectivity index (χ1n) is 7.90. The van der Waals surface area contributed by atoms with Crippen LogP contribution in [-0.2, 0) is 17.8 Å². The molecule has 6 heteroatoms. The molecule has 1 amide bonds. The van der Waals surface area contributed by atoms with E-state index >= 15 is 0 Å². The summed E-state index contributed by atoms with van der Waals surface area (Å²) in [6.45, 7) is 3.42. The monoisotopic (exact) mass is 311 g/mol. The van der Waals surface area contributed by atoms with Crippen molar-refractivity contribution >= 4 is 16.9 Å². The highest BCUT2D eigenvalue weighted by atomic mass is 16.1. The lowest BCUT2D eigenvalue weighted by molar-refractivity contribution is -0.121. The minimum Gasteiger partial charge on any atom is -0.356 e. The normalized spacial score (nSPS) is 11.0. The van der Waals surface area contributed by atoms with Crippen LogP contribution >= 0.6 is 0 Å². The van der Waals surface area contributed by atoms with Gasteiger partial charge in [-0.05, 0) is 37.1 Å². The van der Waals surface area contributed by atoms with Gasteiger partial charge in [-0.3, -0.25) is 9.48 Å². The Morgan fingerprint density at radius 2 is 2.30 bits per heavy atom. The first-order valence-corrected chi connectivity index (χ1v) is 7.90. The van der Waals surface area contributed by atoms with E-state index in [0.29, 0.717) is 19.4 Å². The molecule has 0 atom stereocenters. The molecule has 2 N–H and O–H groups in total. The van der Waals surface area contributed by atoms with E-state index in [4.69, 9.17) is 0 Å². The Morgan fingerprint density at radius 1 is 1.39 bits per heavy atom. The quantitative estimate of drug-likeness (QED) is 0.702. The number of benzene rings is 1. The Morgan fingerprint density at radius 3 is 3.13 bits per heavy atom. The van der Waals surface area contributed by atoms with Crippen LogP contribution < -0.4 is 5.32 Å². The van der Waals surface area contributed by atoms with E-state index < -0.39 is 0 Å². The van der Waals surface area contributed by atoms with Crippen LogP contribution in [0.4, 0.5) is 0 Å². The highest BCUT2D eigenvalue weighted by Gasteiger charge is 2.05. The number of hydrogen-bond acceptors (Lipinski definition) is 3. The van der Waals surface area contributed by atoms with Gasteiger partial charge < -0.3 is 10.3 Å². The molecule has 0 saturated heterocycles. The topological polar surface area (TPSA) is 75.6 Å². The lowest BCUT2D eigenvalue weighted by Gasteiger charge is -2.04. The fourth-order valence-electron chi connectivity index (χ4n) is 2.54. The van der Waals surface area contributed by atoms with Gasteiger partial charge in [0.25, 0.3) is 0 Å². The molecular formula is C17H21N5O. The van der Waals surface area contributed by atoms with Crippen LogP contribution in [0, 0.1) is 6.92 Å². The van der Waals surface area contributed by atoms with Crippen molar-refractivity contribution in [2.75, 3.05) is 6.54 Å². The predicted molar refractivity (Wildman–Crippen MR) is 89.0 cm³/mol. The van der Waals surface area contributed by atoms with Crippen LogP contribution in [0.15, 0.2) is 36.7 Å². The third-order valence-electron chi connectivity index (χ3n) is 3.72. The van der Waals surface area contributed by atoms with E-state index in [1.54, 1.807) is 6.20 Å². The maximum atomic E-state index is 11.8. The van der Waals surface area contributed by atoms with Gasteiger partial charge in [-0.15, -0.1) is 0 Å². The molecular weight excluding hydrogens is 290 g/mol. The van der Waals surface area contributed by atoms with E-state index in [0.717, 1.165) is 29.8 Å². The summed E-state index contributed by atoms with van der Waals surface area (Å²) >= 11 is 0. The van der Waals surface area contributed by atoms with Crippen LogP contribution in [-0.4, -0.2) is 32.2 Å². The number of rotatable bonds is 7. The number of carbonyl (C=O) groups excluding carboxylic acids is 1. The summed E-state index contributed by atoms with van der Waals surface area (Å²) in [6.07, 6.45) is 5.66. The van der Waals surface area contributed by atoms with Gasteiger partial charge in [0, 0.05) is 38.3 Å². The molecule has 0 radical (unpaired) electrons. The molecule has 120 valence electrons. The number of nitrogens with one attached hydrogen (secondary N) is 2. The third kappa shape index (κ3) is 4.18. The second kappa shape index (κ2) is 7.09. The van der Waals surface area contributed by atoms with Gasteiger partial charge in [0.05, 0.1) is 11.0 Å². The molecule has 0 fully saturated rings. The molecule has 6 nitrogen and oxygen atoms in total. The second-order valence-corrected chi connectivity index (χ2v) is 5.68. The van der Waals surface area contributed by atoms with Crippen molar-refractivity contribution in [3.05, 3.63) is 48.0 Å². The molecule has 0 aliphatic carbocycles. The SMILES string of the molecule is Cc1ccc2nc(CCNC(=O)CCCn3cccn3)[nH]c2c1. The minimum absolute atomic E-state index is 0.0733.